The van der Waals surface area contributed by atoms with Crippen LogP contribution in [0.5, 0.6) is 5.88 Å². The highest BCUT2D eigenvalue weighted by Crippen LogP contribution is 2.45. The fourth-order valence-corrected chi connectivity index (χ4v) is 6.11. The second-order valence-corrected chi connectivity index (χ2v) is 11.8. The summed E-state index contributed by atoms with van der Waals surface area (Å²) in [4.78, 5) is 58.4. The van der Waals surface area contributed by atoms with Crippen LogP contribution in [0.3, 0.4) is 0 Å². The Labute approximate surface area is 251 Å². The lowest BCUT2D eigenvalue weighted by atomic mass is 10.0. The Morgan fingerprint density at radius 1 is 1.26 bits per heavy atom. The molecule has 1 aliphatic carbocycles. The molecule has 4 bridgehead atoms. The van der Waals surface area contributed by atoms with Gasteiger partial charge < -0.3 is 30.1 Å². The smallest absolute Gasteiger partial charge is 0.407 e. The second kappa shape index (κ2) is 13.0. The number of rotatable bonds is 7. The van der Waals surface area contributed by atoms with Gasteiger partial charge >= 0.3 is 12.1 Å². The number of amides is 3. The summed E-state index contributed by atoms with van der Waals surface area (Å²) < 4.78 is 11.8. The van der Waals surface area contributed by atoms with Gasteiger partial charge in [-0.1, -0.05) is 38.0 Å². The predicted molar refractivity (Wildman–Crippen MR) is 158 cm³/mol. The van der Waals surface area contributed by atoms with Crippen LogP contribution < -0.4 is 15.4 Å². The normalized spacial score (nSPS) is 27.8. The zero-order valence-electron chi connectivity index (χ0n) is 24.5. The number of unbranched alkanes of at least 4 members (excludes halogenated alkanes) is 1. The summed E-state index contributed by atoms with van der Waals surface area (Å²) in [6.07, 6.45) is 7.46. The number of carboxylic acid groups (broad SMARTS) is 1. The van der Waals surface area contributed by atoms with Gasteiger partial charge in [-0.3, -0.25) is 9.59 Å². The number of pyridine rings is 1. The van der Waals surface area contributed by atoms with Gasteiger partial charge in [0.25, 0.3) is 0 Å². The summed E-state index contributed by atoms with van der Waals surface area (Å²) in [7, 11) is 0. The third kappa shape index (κ3) is 6.60. The number of carboxylic acids is 1. The summed E-state index contributed by atoms with van der Waals surface area (Å²) in [5.74, 6) is -2.16. The molecule has 2 aromatic rings. The zero-order valence-corrected chi connectivity index (χ0v) is 24.5. The molecule has 3 heterocycles. The number of aryl methyl sites for hydroxylation is 1. The zero-order chi connectivity index (χ0) is 30.6. The highest BCUT2D eigenvalue weighted by Gasteiger charge is 2.61. The summed E-state index contributed by atoms with van der Waals surface area (Å²) in [5, 5.41) is 17.1. The molecule has 5 atom stereocenters. The number of aromatic nitrogens is 1. The lowest BCUT2D eigenvalue weighted by Crippen LogP contribution is -2.56. The highest BCUT2D eigenvalue weighted by molar-refractivity contribution is 5.96. The molecule has 0 spiro atoms. The average molecular weight is 593 g/mol. The highest BCUT2D eigenvalue weighted by atomic mass is 16.5. The molecule has 3 aliphatic rings. The van der Waals surface area contributed by atoms with E-state index in [0.717, 1.165) is 42.0 Å². The Balaban J connectivity index is 1.47. The number of nitrogens with zero attached hydrogens (tertiary/aromatic N) is 2. The van der Waals surface area contributed by atoms with E-state index >= 15 is 0 Å². The molecule has 0 unspecified atom stereocenters. The van der Waals surface area contributed by atoms with Crippen molar-refractivity contribution in [3.63, 3.8) is 0 Å². The number of alkyl carbamates (subject to hydrolysis) is 1. The van der Waals surface area contributed by atoms with E-state index in [-0.39, 0.29) is 26.0 Å². The van der Waals surface area contributed by atoms with Crippen molar-refractivity contribution >= 4 is 34.6 Å². The quantitative estimate of drug-likeness (QED) is 0.412. The molecule has 3 N–H and O–H groups in total. The lowest BCUT2D eigenvalue weighted by molar-refractivity contribution is -0.145. The third-order valence-corrected chi connectivity index (χ3v) is 8.73. The molecule has 1 saturated carbocycles. The van der Waals surface area contributed by atoms with Gasteiger partial charge in [-0.05, 0) is 61.6 Å². The standard InChI is InChI=1S/C32H40N4O7/c1-3-5-10-25-29(38)36-19-23(17-26(36)27(37)35-32(30(39)40)18-22(32)4-2)43-28-24-16-20(11-12-21(24)13-14-33-28)9-7-6-8-15-42-31(41)34-25/h4,11-14,16,22-23,25-26H,2-3,5-10,15,17-19H2,1H3,(H,34,41)(H,35,37)(H,39,40)/t22-,23+,25-,26-,32+/m0/s1. The van der Waals surface area contributed by atoms with Gasteiger partial charge in [0.15, 0.2) is 0 Å². The molecule has 1 saturated heterocycles. The van der Waals surface area contributed by atoms with Crippen LogP contribution in [0.4, 0.5) is 4.79 Å². The minimum Gasteiger partial charge on any atom is -0.479 e. The monoisotopic (exact) mass is 592 g/mol. The Kier molecular flexibility index (Phi) is 9.17. The van der Waals surface area contributed by atoms with Gasteiger partial charge in [-0.15, -0.1) is 6.58 Å². The summed E-state index contributed by atoms with van der Waals surface area (Å²) in [6, 6.07) is 6.17. The van der Waals surface area contributed by atoms with Gasteiger partial charge in [-0.25, -0.2) is 14.6 Å². The van der Waals surface area contributed by atoms with Crippen LogP contribution in [0.1, 0.15) is 63.9 Å². The van der Waals surface area contributed by atoms with Gasteiger partial charge in [0, 0.05) is 23.9 Å². The van der Waals surface area contributed by atoms with Gasteiger partial charge in [-0.2, -0.15) is 0 Å². The second-order valence-electron chi connectivity index (χ2n) is 11.8. The minimum atomic E-state index is -1.45. The maximum absolute atomic E-state index is 14.0. The van der Waals surface area contributed by atoms with Gasteiger partial charge in [0.2, 0.25) is 17.7 Å². The maximum Gasteiger partial charge on any atom is 0.407 e. The fraction of sp³-hybridized carbons (Fsp3) is 0.531. The van der Waals surface area contributed by atoms with Crippen molar-refractivity contribution in [3.8, 4) is 5.88 Å². The first-order valence-electron chi connectivity index (χ1n) is 15.2. The van der Waals surface area contributed by atoms with E-state index in [1.54, 1.807) is 6.20 Å². The van der Waals surface area contributed by atoms with E-state index in [0.29, 0.717) is 25.1 Å². The SMILES string of the molecule is C=C[C@H]1C[C@]1(NC(=O)[C@@H]1C[C@@H]2CN1C(=O)[C@H](CCCC)NC(=O)OCCCCCc1ccc3ccnc(c3c1)O2)C(=O)O. The van der Waals surface area contributed by atoms with Crippen LogP contribution in [-0.4, -0.2) is 75.7 Å². The molecule has 2 fully saturated rings. The molecule has 0 radical (unpaired) electrons. The molecule has 5 rings (SSSR count). The first kappa shape index (κ1) is 30.3. The van der Waals surface area contributed by atoms with Gasteiger partial charge in [0.1, 0.15) is 23.7 Å². The molecule has 11 heteroatoms. The van der Waals surface area contributed by atoms with E-state index in [1.807, 2.05) is 19.1 Å². The van der Waals surface area contributed by atoms with Crippen molar-refractivity contribution in [2.75, 3.05) is 13.2 Å². The minimum absolute atomic E-state index is 0.0684. The number of carbonyl (C=O) groups excluding carboxylic acids is 3. The number of carbonyl (C=O) groups is 4. The van der Waals surface area contributed by atoms with Crippen LogP contribution in [0, 0.1) is 5.92 Å². The van der Waals surface area contributed by atoms with Crippen molar-refractivity contribution in [1.82, 2.24) is 20.5 Å². The molecule has 230 valence electrons. The van der Waals surface area contributed by atoms with Crippen LogP contribution in [0.25, 0.3) is 10.8 Å². The third-order valence-electron chi connectivity index (χ3n) is 8.73. The van der Waals surface area contributed by atoms with E-state index in [4.69, 9.17) is 9.47 Å². The fourth-order valence-electron chi connectivity index (χ4n) is 6.11. The summed E-state index contributed by atoms with van der Waals surface area (Å²) >= 11 is 0. The predicted octanol–water partition coefficient (Wildman–Crippen LogP) is 3.74. The first-order valence-corrected chi connectivity index (χ1v) is 15.2. The Morgan fingerprint density at radius 3 is 2.84 bits per heavy atom. The van der Waals surface area contributed by atoms with Crippen molar-refractivity contribution in [3.05, 3.63) is 48.7 Å². The number of ether oxygens (including phenoxy) is 2. The van der Waals surface area contributed by atoms with E-state index in [2.05, 4.69) is 34.3 Å². The molecule has 2 aliphatic heterocycles. The number of cyclic esters (lactones) is 1. The molecule has 1 aromatic heterocycles. The Hall–Kier alpha value is -4.15. The molecule has 43 heavy (non-hydrogen) atoms. The molecule has 1 aromatic carbocycles. The molecule has 11 nitrogen and oxygen atoms in total. The first-order chi connectivity index (χ1) is 20.8. The number of fused-ring (bicyclic) bond motifs is 3. The van der Waals surface area contributed by atoms with Crippen molar-refractivity contribution in [2.24, 2.45) is 5.92 Å². The number of benzene rings is 1. The maximum atomic E-state index is 14.0. The van der Waals surface area contributed by atoms with Crippen LogP contribution in [0.2, 0.25) is 0 Å². The number of aliphatic carboxylic acids is 1. The molecule has 3 amide bonds. The number of nitrogens with one attached hydrogen (secondary N) is 2. The van der Waals surface area contributed by atoms with E-state index in [9.17, 15) is 24.3 Å². The number of hydrogen-bond acceptors (Lipinski definition) is 7. The van der Waals surface area contributed by atoms with Crippen molar-refractivity contribution in [2.45, 2.75) is 88.4 Å². The number of hydrogen-bond donors (Lipinski definition) is 3. The van der Waals surface area contributed by atoms with Crippen LogP contribution >= 0.6 is 0 Å². The van der Waals surface area contributed by atoms with E-state index < -0.39 is 53.5 Å². The van der Waals surface area contributed by atoms with Crippen LogP contribution in [-0.2, 0) is 25.5 Å². The van der Waals surface area contributed by atoms with Crippen molar-refractivity contribution in [1.29, 1.82) is 0 Å². The summed E-state index contributed by atoms with van der Waals surface area (Å²) in [6.45, 7) is 5.98. The van der Waals surface area contributed by atoms with Crippen LogP contribution in [0.15, 0.2) is 43.1 Å². The molecular formula is C32H40N4O7. The topological polar surface area (TPSA) is 147 Å². The average Bonchev–Trinajstić information content (AvgIpc) is 3.56. The summed E-state index contributed by atoms with van der Waals surface area (Å²) in [5.41, 5.74) is -0.319. The largest absolute Gasteiger partial charge is 0.479 e. The molecular weight excluding hydrogens is 552 g/mol. The Bertz CT molecular complexity index is 1400. The van der Waals surface area contributed by atoms with Gasteiger partial charge in [0.05, 0.1) is 13.2 Å². The van der Waals surface area contributed by atoms with E-state index in [1.165, 1.54) is 11.0 Å². The van der Waals surface area contributed by atoms with Crippen molar-refractivity contribution < 1.29 is 33.8 Å². The lowest BCUT2D eigenvalue weighted by Gasteiger charge is -2.29. The Morgan fingerprint density at radius 2 is 2.09 bits per heavy atom.